The van der Waals surface area contributed by atoms with E-state index in [1.807, 2.05) is 6.07 Å². The number of benzene rings is 2. The lowest BCUT2D eigenvalue weighted by Crippen LogP contribution is -2.41. The Morgan fingerprint density at radius 1 is 1.20 bits per heavy atom. The molecule has 8 heteroatoms. The highest BCUT2D eigenvalue weighted by molar-refractivity contribution is 6.01. The summed E-state index contributed by atoms with van der Waals surface area (Å²) in [7, 11) is 0. The zero-order valence-corrected chi connectivity index (χ0v) is 13.2. The summed E-state index contributed by atoms with van der Waals surface area (Å²) in [6, 6.07) is 12.7. The fourth-order valence-corrected chi connectivity index (χ4v) is 2.02. The van der Waals surface area contributed by atoms with Gasteiger partial charge in [0.25, 0.3) is 11.6 Å². The monoisotopic (exact) mass is 338 g/mol. The van der Waals surface area contributed by atoms with Crippen LogP contribution in [0.3, 0.4) is 0 Å². The van der Waals surface area contributed by atoms with E-state index in [0.717, 1.165) is 6.07 Å². The number of anilines is 1. The Labute approximate surface area is 143 Å². The van der Waals surface area contributed by atoms with Gasteiger partial charge in [-0.15, -0.1) is 0 Å². The molecule has 0 aliphatic heterocycles. The average Bonchev–Trinajstić information content (AvgIpc) is 2.61. The van der Waals surface area contributed by atoms with Gasteiger partial charge in [-0.2, -0.15) is 5.26 Å². The lowest BCUT2D eigenvalue weighted by molar-refractivity contribution is -0.384. The first-order chi connectivity index (χ1) is 11.9. The molecule has 0 fully saturated rings. The van der Waals surface area contributed by atoms with Crippen molar-refractivity contribution in [2.75, 3.05) is 5.32 Å². The summed E-state index contributed by atoms with van der Waals surface area (Å²) in [5, 5.41) is 24.7. The number of rotatable bonds is 5. The minimum atomic E-state index is -0.877. The number of hydrogen-bond acceptors (Lipinski definition) is 5. The molecule has 0 saturated carbocycles. The Morgan fingerprint density at radius 3 is 2.60 bits per heavy atom. The molecule has 0 aliphatic carbocycles. The molecule has 0 saturated heterocycles. The Bertz CT molecular complexity index is 873. The molecule has 2 rings (SSSR count). The zero-order valence-electron chi connectivity index (χ0n) is 13.2. The number of carbonyl (C=O) groups is 2. The molecule has 0 aromatic heterocycles. The van der Waals surface area contributed by atoms with E-state index in [-0.39, 0.29) is 11.3 Å². The molecule has 2 N–H and O–H groups in total. The van der Waals surface area contributed by atoms with Crippen molar-refractivity contribution < 1.29 is 14.5 Å². The van der Waals surface area contributed by atoms with Crippen molar-refractivity contribution in [1.29, 1.82) is 5.26 Å². The van der Waals surface area contributed by atoms with Crippen molar-refractivity contribution in [2.24, 2.45) is 0 Å². The summed E-state index contributed by atoms with van der Waals surface area (Å²) in [4.78, 5) is 34.4. The Balaban J connectivity index is 2.03. The van der Waals surface area contributed by atoms with Crippen molar-refractivity contribution in [2.45, 2.75) is 13.0 Å². The predicted octanol–water partition coefficient (Wildman–Crippen LogP) is 2.22. The number of nitro benzene ring substituents is 1. The van der Waals surface area contributed by atoms with Crippen molar-refractivity contribution in [3.05, 3.63) is 69.8 Å². The quantitative estimate of drug-likeness (QED) is 0.638. The number of amides is 2. The minimum absolute atomic E-state index is 0.0836. The predicted molar refractivity (Wildman–Crippen MR) is 89.8 cm³/mol. The van der Waals surface area contributed by atoms with Gasteiger partial charge < -0.3 is 10.6 Å². The van der Waals surface area contributed by atoms with Crippen LogP contribution >= 0.6 is 0 Å². The van der Waals surface area contributed by atoms with Crippen LogP contribution in [-0.4, -0.2) is 22.8 Å². The molecule has 0 heterocycles. The lowest BCUT2D eigenvalue weighted by atomic mass is 10.1. The molecule has 25 heavy (non-hydrogen) atoms. The van der Waals surface area contributed by atoms with Gasteiger partial charge >= 0.3 is 0 Å². The molecule has 0 spiro atoms. The molecule has 1 atom stereocenters. The molecule has 2 amide bonds. The molecular weight excluding hydrogens is 324 g/mol. The highest BCUT2D eigenvalue weighted by Gasteiger charge is 2.18. The zero-order chi connectivity index (χ0) is 18.4. The SMILES string of the molecule is CC(NC(=O)c1cccc([N+](=O)[O-])c1)C(=O)Nc1cccc(C#N)c1. The van der Waals surface area contributed by atoms with E-state index < -0.39 is 22.8 Å². The summed E-state index contributed by atoms with van der Waals surface area (Å²) in [6.45, 7) is 1.48. The van der Waals surface area contributed by atoms with Crippen LogP contribution in [0, 0.1) is 21.4 Å². The Morgan fingerprint density at radius 2 is 1.92 bits per heavy atom. The van der Waals surface area contributed by atoms with Gasteiger partial charge in [-0.25, -0.2) is 0 Å². The maximum absolute atomic E-state index is 12.1. The van der Waals surface area contributed by atoms with Crippen LogP contribution in [-0.2, 0) is 4.79 Å². The average molecular weight is 338 g/mol. The summed E-state index contributed by atoms with van der Waals surface area (Å²) in [6.07, 6.45) is 0. The summed E-state index contributed by atoms with van der Waals surface area (Å²) in [5.74, 6) is -1.08. The first-order valence-corrected chi connectivity index (χ1v) is 7.27. The van der Waals surface area contributed by atoms with Crippen LogP contribution < -0.4 is 10.6 Å². The van der Waals surface area contributed by atoms with Crippen molar-refractivity contribution >= 4 is 23.2 Å². The number of non-ortho nitro benzene ring substituents is 1. The largest absolute Gasteiger partial charge is 0.341 e. The van der Waals surface area contributed by atoms with Gasteiger partial charge in [0.1, 0.15) is 6.04 Å². The number of carbonyl (C=O) groups excluding carboxylic acids is 2. The maximum atomic E-state index is 12.1. The van der Waals surface area contributed by atoms with E-state index in [2.05, 4.69) is 10.6 Å². The third kappa shape index (κ3) is 4.62. The third-order valence-corrected chi connectivity index (χ3v) is 3.32. The fraction of sp³-hybridized carbons (Fsp3) is 0.118. The Hall–Kier alpha value is -3.73. The highest BCUT2D eigenvalue weighted by Crippen LogP contribution is 2.13. The van der Waals surface area contributed by atoms with Crippen LogP contribution in [0.25, 0.3) is 0 Å². The van der Waals surface area contributed by atoms with Crippen molar-refractivity contribution in [1.82, 2.24) is 5.32 Å². The van der Waals surface area contributed by atoms with Gasteiger partial charge in [-0.1, -0.05) is 12.1 Å². The molecule has 0 bridgehead atoms. The van der Waals surface area contributed by atoms with Gasteiger partial charge in [0.15, 0.2) is 0 Å². The summed E-state index contributed by atoms with van der Waals surface area (Å²) < 4.78 is 0. The number of hydrogen-bond donors (Lipinski definition) is 2. The minimum Gasteiger partial charge on any atom is -0.341 e. The van der Waals surface area contributed by atoms with E-state index in [1.165, 1.54) is 31.2 Å². The maximum Gasteiger partial charge on any atom is 0.270 e. The second-order valence-electron chi connectivity index (χ2n) is 5.18. The molecule has 0 aliphatic rings. The van der Waals surface area contributed by atoms with Gasteiger partial charge in [-0.05, 0) is 31.2 Å². The van der Waals surface area contributed by atoms with Crippen LogP contribution in [0.1, 0.15) is 22.8 Å². The normalized spacial score (nSPS) is 11.0. The standard InChI is InChI=1S/C17H14N4O4/c1-11(16(22)20-14-6-2-4-12(8-14)10-18)19-17(23)13-5-3-7-15(9-13)21(24)25/h2-9,11H,1H3,(H,19,23)(H,20,22). The van der Waals surface area contributed by atoms with E-state index >= 15 is 0 Å². The van der Waals surface area contributed by atoms with E-state index in [1.54, 1.807) is 18.2 Å². The number of nitrogens with one attached hydrogen (secondary N) is 2. The van der Waals surface area contributed by atoms with E-state index in [9.17, 15) is 19.7 Å². The van der Waals surface area contributed by atoms with Gasteiger partial charge in [0.2, 0.25) is 5.91 Å². The van der Waals surface area contributed by atoms with Crippen LogP contribution in [0.2, 0.25) is 0 Å². The highest BCUT2D eigenvalue weighted by atomic mass is 16.6. The lowest BCUT2D eigenvalue weighted by Gasteiger charge is -2.14. The second kappa shape index (κ2) is 7.70. The van der Waals surface area contributed by atoms with Gasteiger partial charge in [-0.3, -0.25) is 19.7 Å². The van der Waals surface area contributed by atoms with Gasteiger partial charge in [0.05, 0.1) is 16.6 Å². The molecule has 2 aromatic rings. The fourth-order valence-electron chi connectivity index (χ4n) is 2.02. The molecule has 126 valence electrons. The molecule has 2 aromatic carbocycles. The number of nitrogens with zero attached hydrogens (tertiary/aromatic N) is 2. The van der Waals surface area contributed by atoms with Crippen molar-refractivity contribution in [3.63, 3.8) is 0 Å². The summed E-state index contributed by atoms with van der Waals surface area (Å²) >= 11 is 0. The number of nitriles is 1. The van der Waals surface area contributed by atoms with Gasteiger partial charge in [0, 0.05) is 23.4 Å². The first kappa shape index (κ1) is 17.6. The summed E-state index contributed by atoms with van der Waals surface area (Å²) in [5.41, 5.74) is 0.699. The third-order valence-electron chi connectivity index (χ3n) is 3.32. The van der Waals surface area contributed by atoms with Crippen molar-refractivity contribution in [3.8, 4) is 6.07 Å². The molecule has 8 nitrogen and oxygen atoms in total. The van der Waals surface area contributed by atoms with Crippen LogP contribution in [0.4, 0.5) is 11.4 Å². The van der Waals surface area contributed by atoms with E-state index in [4.69, 9.17) is 5.26 Å². The van der Waals surface area contributed by atoms with Crippen LogP contribution in [0.15, 0.2) is 48.5 Å². The Kier molecular flexibility index (Phi) is 5.43. The smallest absolute Gasteiger partial charge is 0.270 e. The molecule has 0 radical (unpaired) electrons. The number of nitro groups is 1. The first-order valence-electron chi connectivity index (χ1n) is 7.27. The topological polar surface area (TPSA) is 125 Å². The van der Waals surface area contributed by atoms with Crippen LogP contribution in [0.5, 0.6) is 0 Å². The van der Waals surface area contributed by atoms with E-state index in [0.29, 0.717) is 11.3 Å². The molecule has 1 unspecified atom stereocenters. The molecular formula is C17H14N4O4. The second-order valence-corrected chi connectivity index (χ2v) is 5.18.